The summed E-state index contributed by atoms with van der Waals surface area (Å²) in [6.45, 7) is -0.490. The average molecular weight is 397 g/mol. The van der Waals surface area contributed by atoms with Crippen LogP contribution in [0.2, 0.25) is 0 Å². The summed E-state index contributed by atoms with van der Waals surface area (Å²) in [5.74, 6) is -1.09. The van der Waals surface area contributed by atoms with Gasteiger partial charge in [-0.25, -0.2) is 4.90 Å². The van der Waals surface area contributed by atoms with E-state index in [1.54, 1.807) is 36.4 Å². The van der Waals surface area contributed by atoms with Gasteiger partial charge in [-0.05, 0) is 30.3 Å². The highest BCUT2D eigenvalue weighted by Gasteiger charge is 2.35. The molecule has 3 rings (SSSR count). The van der Waals surface area contributed by atoms with Crippen LogP contribution in [0, 0.1) is 0 Å². The van der Waals surface area contributed by atoms with Crippen molar-refractivity contribution in [3.05, 3.63) is 59.2 Å². The number of rotatable bonds is 8. The van der Waals surface area contributed by atoms with Gasteiger partial charge in [-0.1, -0.05) is 12.1 Å². The summed E-state index contributed by atoms with van der Waals surface area (Å²) >= 11 is 0. The Balaban J connectivity index is 1.53. The number of fused-ring (bicyclic) bond motifs is 1. The summed E-state index contributed by atoms with van der Waals surface area (Å²) < 4.78 is 15.3. The van der Waals surface area contributed by atoms with Gasteiger partial charge in [0.05, 0.1) is 31.8 Å². The van der Waals surface area contributed by atoms with Crippen molar-refractivity contribution >= 4 is 23.6 Å². The van der Waals surface area contributed by atoms with Crippen LogP contribution >= 0.6 is 0 Å². The van der Waals surface area contributed by atoms with Crippen molar-refractivity contribution in [2.45, 2.75) is 12.8 Å². The highest BCUT2D eigenvalue weighted by atomic mass is 16.5. The number of Topliss-reactive ketones (excluding diaryl/α,β-unsaturated/α-hetero) is 1. The molecule has 0 aliphatic carbocycles. The number of amides is 2. The smallest absolute Gasteiger partial charge is 0.307 e. The first-order valence-electron chi connectivity index (χ1n) is 8.82. The number of imide groups is 1. The van der Waals surface area contributed by atoms with Crippen LogP contribution in [0.5, 0.6) is 11.5 Å². The van der Waals surface area contributed by atoms with Crippen molar-refractivity contribution in [2.75, 3.05) is 21.0 Å². The maximum Gasteiger partial charge on any atom is 0.307 e. The molecule has 150 valence electrons. The number of hydrogen-bond acceptors (Lipinski definition) is 7. The van der Waals surface area contributed by atoms with Crippen LogP contribution in [0.25, 0.3) is 0 Å². The van der Waals surface area contributed by atoms with Crippen LogP contribution in [0.1, 0.15) is 43.9 Å². The lowest BCUT2D eigenvalue weighted by atomic mass is 10.1. The number of carbonyl (C=O) groups is 4. The summed E-state index contributed by atoms with van der Waals surface area (Å²) in [6.07, 6.45) is -0.271. The first-order valence-corrected chi connectivity index (χ1v) is 8.82. The van der Waals surface area contributed by atoms with Gasteiger partial charge in [0.25, 0.3) is 11.8 Å². The van der Waals surface area contributed by atoms with Gasteiger partial charge in [0.1, 0.15) is 0 Å². The predicted molar refractivity (Wildman–Crippen MR) is 101 cm³/mol. The second kappa shape index (κ2) is 8.55. The topological polar surface area (TPSA) is 99.2 Å². The lowest BCUT2D eigenvalue weighted by Crippen LogP contribution is -2.33. The number of ether oxygens (including phenoxy) is 3. The molecule has 1 aliphatic rings. The SMILES string of the molecule is COc1ccc(C(=O)CCC(=O)OCN2C(=O)c3ccccc3C2=O)cc1OC. The molecule has 2 amide bonds. The van der Waals surface area contributed by atoms with E-state index in [0.29, 0.717) is 17.1 Å². The molecule has 8 heteroatoms. The second-order valence-corrected chi connectivity index (χ2v) is 6.22. The Morgan fingerprint density at radius 1 is 0.862 bits per heavy atom. The van der Waals surface area contributed by atoms with E-state index in [1.807, 2.05) is 0 Å². The Kier molecular flexibility index (Phi) is 5.92. The maximum absolute atomic E-state index is 12.3. The Labute approximate surface area is 167 Å². The third-order valence-electron chi connectivity index (χ3n) is 4.49. The van der Waals surface area contributed by atoms with Crippen LogP contribution < -0.4 is 9.47 Å². The Morgan fingerprint density at radius 2 is 1.48 bits per heavy atom. The zero-order chi connectivity index (χ0) is 21.0. The van der Waals surface area contributed by atoms with Gasteiger partial charge in [-0.3, -0.25) is 19.2 Å². The molecule has 0 spiro atoms. The van der Waals surface area contributed by atoms with Crippen molar-refractivity contribution in [2.24, 2.45) is 0 Å². The number of ketones is 1. The second-order valence-electron chi connectivity index (χ2n) is 6.22. The molecule has 0 aromatic heterocycles. The normalized spacial score (nSPS) is 12.6. The van der Waals surface area contributed by atoms with E-state index in [1.165, 1.54) is 20.3 Å². The lowest BCUT2D eigenvalue weighted by molar-refractivity contribution is -0.146. The number of esters is 1. The summed E-state index contributed by atoms with van der Waals surface area (Å²) in [5, 5.41) is 0. The first kappa shape index (κ1) is 20.1. The van der Waals surface area contributed by atoms with Gasteiger partial charge < -0.3 is 14.2 Å². The van der Waals surface area contributed by atoms with Crippen LogP contribution in [0.15, 0.2) is 42.5 Å². The zero-order valence-electron chi connectivity index (χ0n) is 16.0. The molecular weight excluding hydrogens is 378 g/mol. The Morgan fingerprint density at radius 3 is 2.07 bits per heavy atom. The molecule has 0 unspecified atom stereocenters. The summed E-state index contributed by atoms with van der Waals surface area (Å²) in [4.78, 5) is 49.6. The monoisotopic (exact) mass is 397 g/mol. The van der Waals surface area contributed by atoms with Crippen molar-refractivity contribution in [1.29, 1.82) is 0 Å². The van der Waals surface area contributed by atoms with Crippen LogP contribution in [-0.4, -0.2) is 49.4 Å². The molecule has 0 saturated heterocycles. The predicted octanol–water partition coefficient (Wildman–Crippen LogP) is 2.46. The van der Waals surface area contributed by atoms with Gasteiger partial charge in [-0.15, -0.1) is 0 Å². The number of nitrogens with zero attached hydrogens (tertiary/aromatic N) is 1. The fourth-order valence-electron chi connectivity index (χ4n) is 2.93. The van der Waals surface area contributed by atoms with Crippen LogP contribution in [0.4, 0.5) is 0 Å². The molecule has 2 aromatic carbocycles. The molecule has 0 N–H and O–H groups in total. The van der Waals surface area contributed by atoms with E-state index in [9.17, 15) is 19.2 Å². The van der Waals surface area contributed by atoms with E-state index < -0.39 is 24.5 Å². The molecule has 0 radical (unpaired) electrons. The molecule has 8 nitrogen and oxygen atoms in total. The van der Waals surface area contributed by atoms with Gasteiger partial charge in [0.2, 0.25) is 0 Å². The summed E-state index contributed by atoms with van der Waals surface area (Å²) in [6, 6.07) is 11.1. The van der Waals surface area contributed by atoms with E-state index in [-0.39, 0.29) is 29.8 Å². The number of benzene rings is 2. The average Bonchev–Trinajstić information content (AvgIpc) is 3.00. The van der Waals surface area contributed by atoms with Gasteiger partial charge >= 0.3 is 5.97 Å². The first-order chi connectivity index (χ1) is 14.0. The minimum absolute atomic E-state index is 0.0869. The lowest BCUT2D eigenvalue weighted by Gasteiger charge is -2.14. The zero-order valence-corrected chi connectivity index (χ0v) is 16.0. The highest BCUT2D eigenvalue weighted by molar-refractivity contribution is 6.21. The third kappa shape index (κ3) is 4.11. The molecule has 29 heavy (non-hydrogen) atoms. The van der Waals surface area contributed by atoms with Crippen LogP contribution in [0.3, 0.4) is 0 Å². The fraction of sp³-hybridized carbons (Fsp3) is 0.238. The molecule has 0 bridgehead atoms. The number of methoxy groups -OCH3 is 2. The number of hydrogen-bond donors (Lipinski definition) is 0. The quantitative estimate of drug-likeness (QED) is 0.383. The fourth-order valence-corrected chi connectivity index (χ4v) is 2.93. The molecule has 0 atom stereocenters. The summed E-state index contributed by atoms with van der Waals surface area (Å²) in [5.41, 5.74) is 0.921. The van der Waals surface area contributed by atoms with Gasteiger partial charge in [-0.2, -0.15) is 0 Å². The van der Waals surface area contributed by atoms with Crippen molar-refractivity contribution in [1.82, 2.24) is 4.90 Å². The number of carbonyl (C=O) groups excluding carboxylic acids is 4. The molecule has 1 heterocycles. The highest BCUT2D eigenvalue weighted by Crippen LogP contribution is 2.28. The molecule has 0 fully saturated rings. The third-order valence-corrected chi connectivity index (χ3v) is 4.49. The van der Waals surface area contributed by atoms with Crippen molar-refractivity contribution < 1.29 is 33.4 Å². The minimum atomic E-state index is -0.685. The maximum atomic E-state index is 12.3. The minimum Gasteiger partial charge on any atom is -0.493 e. The molecule has 2 aromatic rings. The van der Waals surface area contributed by atoms with Gasteiger partial charge in [0.15, 0.2) is 24.0 Å². The van der Waals surface area contributed by atoms with E-state index in [4.69, 9.17) is 14.2 Å². The van der Waals surface area contributed by atoms with Crippen LogP contribution in [-0.2, 0) is 9.53 Å². The van der Waals surface area contributed by atoms with E-state index in [2.05, 4.69) is 0 Å². The molecule has 1 aliphatic heterocycles. The van der Waals surface area contributed by atoms with Gasteiger partial charge in [0, 0.05) is 12.0 Å². The molecule has 0 saturated carbocycles. The van der Waals surface area contributed by atoms with Crippen molar-refractivity contribution in [3.63, 3.8) is 0 Å². The van der Waals surface area contributed by atoms with Crippen molar-refractivity contribution in [3.8, 4) is 11.5 Å². The Hall–Kier alpha value is -3.68. The Bertz CT molecular complexity index is 948. The molecular formula is C21H19NO7. The van der Waals surface area contributed by atoms with E-state index in [0.717, 1.165) is 4.90 Å². The summed E-state index contributed by atoms with van der Waals surface area (Å²) in [7, 11) is 2.95. The van der Waals surface area contributed by atoms with E-state index >= 15 is 0 Å². The largest absolute Gasteiger partial charge is 0.493 e. The standard InChI is InChI=1S/C21H19NO7/c1-27-17-9-7-13(11-18(17)28-2)16(23)8-10-19(24)29-12-22-20(25)14-5-3-4-6-15(14)21(22)26/h3-7,9,11H,8,10,12H2,1-2H3.